The van der Waals surface area contributed by atoms with Gasteiger partial charge in [0, 0.05) is 0 Å². The van der Waals surface area contributed by atoms with E-state index < -0.39 is 26.5 Å². The predicted octanol–water partition coefficient (Wildman–Crippen LogP) is 6.83. The second-order valence-corrected chi connectivity index (χ2v) is 28.2. The van der Waals surface area contributed by atoms with Gasteiger partial charge in [-0.3, -0.25) is 0 Å². The van der Waals surface area contributed by atoms with Crippen molar-refractivity contribution in [1.82, 2.24) is 4.98 Å². The number of aromatic nitrogens is 1. The van der Waals surface area contributed by atoms with E-state index >= 15 is 0 Å². The Morgan fingerprint density at radius 2 is 1.50 bits per heavy atom. The van der Waals surface area contributed by atoms with Crippen LogP contribution in [0.4, 0.5) is 0 Å². The van der Waals surface area contributed by atoms with E-state index in [4.69, 9.17) is 9.47 Å². The molecule has 1 heterocycles. The summed E-state index contributed by atoms with van der Waals surface area (Å²) in [5.74, 6) is 1.07. The molecule has 0 saturated carbocycles. The number of rotatable bonds is 16. The normalized spacial score (nSPS) is 12.4. The molecule has 0 bridgehead atoms. The Balaban J connectivity index is 2.95. The SMILES string of the molecule is CCC[CH2][Sn]([CH2]CCC)([CH2]CCC)[c]1cnccc1OCOCC[Si](C)(C)C. The molecule has 0 amide bonds. The molecule has 0 spiro atoms. The molecule has 0 radical (unpaired) electrons. The minimum atomic E-state index is -2.53. The van der Waals surface area contributed by atoms with Gasteiger partial charge in [-0.15, -0.1) is 0 Å². The fourth-order valence-electron chi connectivity index (χ4n) is 3.77. The van der Waals surface area contributed by atoms with Crippen molar-refractivity contribution in [3.63, 3.8) is 0 Å². The van der Waals surface area contributed by atoms with E-state index in [0.29, 0.717) is 6.79 Å². The first-order valence-electron chi connectivity index (χ1n) is 11.5. The predicted molar refractivity (Wildman–Crippen MR) is 128 cm³/mol. The molecular formula is C23H45NO2SiSn. The number of nitrogens with zero attached hydrogens (tertiary/aromatic N) is 1. The van der Waals surface area contributed by atoms with Crippen LogP contribution >= 0.6 is 0 Å². The molecule has 28 heavy (non-hydrogen) atoms. The number of unbranched alkanes of at least 4 members (excludes halogenated alkanes) is 3. The number of hydrogen-bond acceptors (Lipinski definition) is 3. The summed E-state index contributed by atoms with van der Waals surface area (Å²) in [6.45, 7) is 15.3. The molecule has 0 fully saturated rings. The number of ether oxygens (including phenoxy) is 2. The molecule has 0 atom stereocenters. The fourth-order valence-corrected chi connectivity index (χ4v) is 20.7. The molecule has 3 nitrogen and oxygen atoms in total. The third-order valence-corrected chi connectivity index (χ3v) is 22.9. The van der Waals surface area contributed by atoms with Crippen molar-refractivity contribution in [1.29, 1.82) is 0 Å². The molecule has 0 unspecified atom stereocenters. The van der Waals surface area contributed by atoms with Gasteiger partial charge in [-0.05, 0) is 0 Å². The summed E-state index contributed by atoms with van der Waals surface area (Å²) in [6.07, 6.45) is 12.0. The van der Waals surface area contributed by atoms with Gasteiger partial charge in [-0.2, -0.15) is 0 Å². The number of pyridine rings is 1. The monoisotopic (exact) mass is 515 g/mol. The average Bonchev–Trinajstić information content (AvgIpc) is 2.67. The Labute approximate surface area is 179 Å². The van der Waals surface area contributed by atoms with Crippen molar-refractivity contribution in [3.8, 4) is 5.75 Å². The molecule has 162 valence electrons. The van der Waals surface area contributed by atoms with Crippen LogP contribution in [-0.4, -0.2) is 44.8 Å². The molecule has 5 heteroatoms. The van der Waals surface area contributed by atoms with Crippen LogP contribution in [0.25, 0.3) is 0 Å². The van der Waals surface area contributed by atoms with Crippen LogP contribution < -0.4 is 8.32 Å². The van der Waals surface area contributed by atoms with Crippen molar-refractivity contribution in [3.05, 3.63) is 18.5 Å². The van der Waals surface area contributed by atoms with Crippen LogP contribution in [0.2, 0.25) is 39.0 Å². The second kappa shape index (κ2) is 14.0. The van der Waals surface area contributed by atoms with Crippen LogP contribution in [0.3, 0.4) is 0 Å². The first-order chi connectivity index (χ1) is 13.4. The molecule has 1 aromatic rings. The maximum atomic E-state index is 6.20. The van der Waals surface area contributed by atoms with Crippen LogP contribution in [0.5, 0.6) is 5.75 Å². The van der Waals surface area contributed by atoms with E-state index in [1.165, 1.54) is 61.5 Å². The van der Waals surface area contributed by atoms with Gasteiger partial charge in [-0.1, -0.05) is 0 Å². The Bertz CT molecular complexity index is 512. The van der Waals surface area contributed by atoms with Crippen LogP contribution in [0.1, 0.15) is 59.3 Å². The molecule has 0 aromatic carbocycles. The molecule has 0 aliphatic heterocycles. The van der Waals surface area contributed by atoms with E-state index in [-0.39, 0.29) is 0 Å². The van der Waals surface area contributed by atoms with Gasteiger partial charge >= 0.3 is 180 Å². The van der Waals surface area contributed by atoms with E-state index in [0.717, 1.165) is 12.4 Å². The summed E-state index contributed by atoms with van der Waals surface area (Å²) in [7, 11) is -1.05. The molecule has 0 aliphatic carbocycles. The third-order valence-electron chi connectivity index (χ3n) is 5.67. The van der Waals surface area contributed by atoms with Gasteiger partial charge in [0.15, 0.2) is 0 Å². The molecule has 1 aromatic heterocycles. The van der Waals surface area contributed by atoms with Crippen molar-refractivity contribution in [2.45, 2.75) is 98.3 Å². The summed E-state index contributed by atoms with van der Waals surface area (Å²) >= 11 is -2.53. The van der Waals surface area contributed by atoms with E-state index in [1.54, 1.807) is 0 Å². The second-order valence-electron chi connectivity index (χ2n) is 9.44. The van der Waals surface area contributed by atoms with Gasteiger partial charge in [0.05, 0.1) is 0 Å². The molecule has 0 saturated heterocycles. The fraction of sp³-hybridized carbons (Fsp3) is 0.783. The molecule has 0 N–H and O–H groups in total. The quantitative estimate of drug-likeness (QED) is 0.138. The zero-order valence-electron chi connectivity index (χ0n) is 19.5. The first kappa shape index (κ1) is 26.0. The van der Waals surface area contributed by atoms with Crippen LogP contribution in [0.15, 0.2) is 18.5 Å². The van der Waals surface area contributed by atoms with Crippen molar-refractivity contribution < 1.29 is 9.47 Å². The Morgan fingerprint density at radius 3 is 2.00 bits per heavy atom. The van der Waals surface area contributed by atoms with Gasteiger partial charge in [-0.25, -0.2) is 0 Å². The summed E-state index contributed by atoms with van der Waals surface area (Å²) in [5, 5.41) is 0. The Hall–Kier alpha value is -0.0744. The Kier molecular flexibility index (Phi) is 13.0. The van der Waals surface area contributed by atoms with Gasteiger partial charge in [0.1, 0.15) is 0 Å². The zero-order valence-corrected chi connectivity index (χ0v) is 23.3. The zero-order chi connectivity index (χ0) is 20.9. The molecule has 1 rings (SSSR count). The van der Waals surface area contributed by atoms with Crippen molar-refractivity contribution >= 4 is 30.0 Å². The molecular weight excluding hydrogens is 469 g/mol. The van der Waals surface area contributed by atoms with Crippen molar-refractivity contribution in [2.75, 3.05) is 13.4 Å². The van der Waals surface area contributed by atoms with Crippen molar-refractivity contribution in [2.24, 2.45) is 0 Å². The van der Waals surface area contributed by atoms with Gasteiger partial charge in [0.25, 0.3) is 0 Å². The Morgan fingerprint density at radius 1 is 0.929 bits per heavy atom. The summed E-state index contributed by atoms with van der Waals surface area (Å²) in [4.78, 5) is 4.55. The number of hydrogen-bond donors (Lipinski definition) is 0. The van der Waals surface area contributed by atoms with Gasteiger partial charge in [0.2, 0.25) is 0 Å². The first-order valence-corrected chi connectivity index (χ1v) is 22.7. The topological polar surface area (TPSA) is 31.4 Å². The third kappa shape index (κ3) is 9.62. The summed E-state index contributed by atoms with van der Waals surface area (Å²) < 4.78 is 17.9. The van der Waals surface area contributed by atoms with E-state index in [9.17, 15) is 0 Å². The van der Waals surface area contributed by atoms with Crippen LogP contribution in [-0.2, 0) is 4.74 Å². The average molecular weight is 514 g/mol. The molecule has 0 aliphatic rings. The van der Waals surface area contributed by atoms with Gasteiger partial charge < -0.3 is 0 Å². The standard InChI is InChI=1S/C11H18NO2Si.3C4H9.Sn/c1-15(2,3)9-8-13-10-14-11-4-6-12-7-5-11;3*1-3-4-2;/h4,6-7H,8-10H2,1-3H3;3*1,3-4H2,2H3;. The summed E-state index contributed by atoms with van der Waals surface area (Å²) in [5.41, 5.74) is 0. The van der Waals surface area contributed by atoms with E-state index in [1.807, 2.05) is 6.20 Å². The maximum absolute atomic E-state index is 6.20. The van der Waals surface area contributed by atoms with E-state index in [2.05, 4.69) is 57.7 Å². The van der Waals surface area contributed by atoms with Crippen LogP contribution in [0, 0.1) is 0 Å². The minimum absolute atomic E-state index is 0.374. The summed E-state index contributed by atoms with van der Waals surface area (Å²) in [6, 6.07) is 3.28.